The molecule has 0 amide bonds. The van der Waals surface area contributed by atoms with Gasteiger partial charge in [0.2, 0.25) is 5.90 Å². The van der Waals surface area contributed by atoms with Gasteiger partial charge >= 0.3 is 5.97 Å². The van der Waals surface area contributed by atoms with E-state index in [-0.39, 0.29) is 22.8 Å². The number of methoxy groups -OCH3 is 2. The van der Waals surface area contributed by atoms with Gasteiger partial charge in [-0.15, -0.1) is 0 Å². The van der Waals surface area contributed by atoms with Crippen LogP contribution in [0.1, 0.15) is 16.7 Å². The predicted octanol–water partition coefficient (Wildman–Crippen LogP) is 3.26. The Morgan fingerprint density at radius 2 is 1.85 bits per heavy atom. The Bertz CT molecular complexity index is 994. The normalized spacial score (nSPS) is 14.7. The number of nitro benzene ring substituents is 1. The van der Waals surface area contributed by atoms with Crippen LogP contribution in [-0.4, -0.2) is 31.0 Å². The van der Waals surface area contributed by atoms with Crippen LogP contribution < -0.4 is 9.47 Å². The van der Waals surface area contributed by atoms with Gasteiger partial charge in [-0.1, -0.05) is 12.1 Å². The lowest BCUT2D eigenvalue weighted by molar-refractivity contribution is -0.385. The molecule has 0 N–H and O–H groups in total. The molecule has 2 aromatic carbocycles. The van der Waals surface area contributed by atoms with Crippen molar-refractivity contribution in [2.75, 3.05) is 14.2 Å². The Labute approximate surface area is 154 Å². The second kappa shape index (κ2) is 7.28. The van der Waals surface area contributed by atoms with E-state index in [2.05, 4.69) is 4.99 Å². The summed E-state index contributed by atoms with van der Waals surface area (Å²) in [5, 5.41) is 11.2. The highest BCUT2D eigenvalue weighted by molar-refractivity contribution is 6.14. The van der Waals surface area contributed by atoms with Crippen molar-refractivity contribution >= 4 is 23.6 Å². The lowest BCUT2D eigenvalue weighted by Gasteiger charge is -2.07. The molecule has 1 aliphatic heterocycles. The van der Waals surface area contributed by atoms with Gasteiger partial charge in [0.25, 0.3) is 5.69 Å². The molecule has 8 nitrogen and oxygen atoms in total. The lowest BCUT2D eigenvalue weighted by Crippen LogP contribution is -2.08. The zero-order chi connectivity index (χ0) is 19.6. The lowest BCUT2D eigenvalue weighted by atomic mass is 10.1. The Morgan fingerprint density at radius 3 is 2.52 bits per heavy atom. The molecule has 138 valence electrons. The molecule has 1 heterocycles. The number of aliphatic imine (C=N–C) groups is 1. The molecule has 0 fully saturated rings. The maximum absolute atomic E-state index is 12.2. The Kier molecular flexibility index (Phi) is 4.89. The van der Waals surface area contributed by atoms with Crippen molar-refractivity contribution in [1.29, 1.82) is 0 Å². The molecule has 0 spiro atoms. The minimum Gasteiger partial charge on any atom is -0.493 e. The first-order chi connectivity index (χ1) is 12.9. The third-order valence-corrected chi connectivity index (χ3v) is 3.91. The summed E-state index contributed by atoms with van der Waals surface area (Å²) in [6, 6.07) is 9.63. The van der Waals surface area contributed by atoms with E-state index in [1.807, 2.05) is 0 Å². The molecule has 1 aliphatic rings. The number of hydrogen-bond donors (Lipinski definition) is 0. The highest BCUT2D eigenvalue weighted by Gasteiger charge is 2.29. The molecule has 0 aromatic heterocycles. The first-order valence-electron chi connectivity index (χ1n) is 7.93. The number of esters is 1. The zero-order valence-corrected chi connectivity index (χ0v) is 14.9. The van der Waals surface area contributed by atoms with E-state index in [9.17, 15) is 14.9 Å². The van der Waals surface area contributed by atoms with E-state index in [1.54, 1.807) is 37.3 Å². The number of rotatable bonds is 5. The van der Waals surface area contributed by atoms with Crippen molar-refractivity contribution in [3.63, 3.8) is 0 Å². The van der Waals surface area contributed by atoms with Gasteiger partial charge in [-0.2, -0.15) is 0 Å². The van der Waals surface area contributed by atoms with Gasteiger partial charge in [0.15, 0.2) is 17.2 Å². The van der Waals surface area contributed by atoms with Gasteiger partial charge < -0.3 is 14.2 Å². The molecular formula is C19H16N2O6. The molecule has 27 heavy (non-hydrogen) atoms. The van der Waals surface area contributed by atoms with Crippen LogP contribution in [0.2, 0.25) is 0 Å². The van der Waals surface area contributed by atoms with Crippen molar-refractivity contribution in [1.82, 2.24) is 0 Å². The molecule has 8 heteroatoms. The van der Waals surface area contributed by atoms with E-state index in [0.29, 0.717) is 17.1 Å². The van der Waals surface area contributed by atoms with Crippen LogP contribution in [0, 0.1) is 17.0 Å². The van der Waals surface area contributed by atoms with Crippen LogP contribution >= 0.6 is 0 Å². The fourth-order valence-electron chi connectivity index (χ4n) is 2.61. The van der Waals surface area contributed by atoms with E-state index >= 15 is 0 Å². The fourth-order valence-corrected chi connectivity index (χ4v) is 2.61. The second-order valence-electron chi connectivity index (χ2n) is 5.73. The summed E-state index contributed by atoms with van der Waals surface area (Å²) in [5.41, 5.74) is 1.44. The van der Waals surface area contributed by atoms with Gasteiger partial charge in [-0.05, 0) is 42.3 Å². The van der Waals surface area contributed by atoms with Crippen molar-refractivity contribution < 1.29 is 23.9 Å². The average molecular weight is 368 g/mol. The number of nitro groups is 1. The molecule has 0 radical (unpaired) electrons. The van der Waals surface area contributed by atoms with Crippen LogP contribution in [0.3, 0.4) is 0 Å². The standard InChI is InChI=1S/C19H16N2O6/c1-11-4-6-15(21(23)24)13(8-11)18-20-14(19(22)27-18)9-12-5-7-16(25-2)17(10-12)26-3/h4-10H,1-3H3/b14-9-. The minimum absolute atomic E-state index is 0.0352. The van der Waals surface area contributed by atoms with E-state index < -0.39 is 10.9 Å². The Balaban J connectivity index is 2.01. The minimum atomic E-state index is -0.685. The molecule has 0 saturated heterocycles. The monoisotopic (exact) mass is 368 g/mol. The quantitative estimate of drug-likeness (QED) is 0.347. The average Bonchev–Trinajstić information content (AvgIpc) is 3.01. The van der Waals surface area contributed by atoms with Crippen molar-refractivity contribution in [2.24, 2.45) is 4.99 Å². The SMILES string of the molecule is COc1ccc(/C=C2\N=C(c3cc(C)ccc3[N+](=O)[O-])OC2=O)cc1OC. The first kappa shape index (κ1) is 18.1. The summed E-state index contributed by atoms with van der Waals surface area (Å²) in [6.07, 6.45) is 1.51. The molecule has 0 unspecified atom stereocenters. The summed E-state index contributed by atoms with van der Waals surface area (Å²) in [4.78, 5) is 27.0. The molecular weight excluding hydrogens is 352 g/mol. The second-order valence-corrected chi connectivity index (χ2v) is 5.73. The van der Waals surface area contributed by atoms with E-state index in [1.165, 1.54) is 26.4 Å². The number of carbonyl (C=O) groups is 1. The maximum atomic E-state index is 12.2. The van der Waals surface area contributed by atoms with Gasteiger partial charge in [0, 0.05) is 6.07 Å². The molecule has 0 bridgehead atoms. The zero-order valence-electron chi connectivity index (χ0n) is 14.9. The molecule has 3 rings (SSSR count). The largest absolute Gasteiger partial charge is 0.493 e. The maximum Gasteiger partial charge on any atom is 0.363 e. The number of cyclic esters (lactones) is 1. The third-order valence-electron chi connectivity index (χ3n) is 3.91. The molecule has 0 aliphatic carbocycles. The smallest absolute Gasteiger partial charge is 0.363 e. The van der Waals surface area contributed by atoms with Crippen LogP contribution in [0.5, 0.6) is 11.5 Å². The fraction of sp³-hybridized carbons (Fsp3) is 0.158. The number of aryl methyl sites for hydroxylation is 1. The van der Waals surface area contributed by atoms with Crippen molar-refractivity contribution in [3.05, 3.63) is 68.9 Å². The number of carbonyl (C=O) groups excluding carboxylic acids is 1. The van der Waals surface area contributed by atoms with Crippen LogP contribution in [0.25, 0.3) is 6.08 Å². The summed E-state index contributed by atoms with van der Waals surface area (Å²) < 4.78 is 15.6. The summed E-state index contributed by atoms with van der Waals surface area (Å²) in [7, 11) is 3.03. The van der Waals surface area contributed by atoms with Gasteiger partial charge in [-0.25, -0.2) is 9.79 Å². The van der Waals surface area contributed by atoms with Crippen molar-refractivity contribution in [3.8, 4) is 11.5 Å². The topological polar surface area (TPSA) is 100 Å². The van der Waals surface area contributed by atoms with Gasteiger partial charge in [0.1, 0.15) is 5.56 Å². The number of ether oxygens (including phenoxy) is 3. The number of benzene rings is 2. The van der Waals surface area contributed by atoms with Gasteiger partial charge in [-0.3, -0.25) is 10.1 Å². The van der Waals surface area contributed by atoms with Gasteiger partial charge in [0.05, 0.1) is 19.1 Å². The summed E-state index contributed by atoms with van der Waals surface area (Å²) >= 11 is 0. The predicted molar refractivity (Wildman–Crippen MR) is 98.0 cm³/mol. The Morgan fingerprint density at radius 1 is 1.11 bits per heavy atom. The Hall–Kier alpha value is -3.68. The van der Waals surface area contributed by atoms with E-state index in [4.69, 9.17) is 14.2 Å². The highest BCUT2D eigenvalue weighted by atomic mass is 16.6. The van der Waals surface area contributed by atoms with Crippen LogP contribution in [0.15, 0.2) is 47.1 Å². The number of nitrogens with zero attached hydrogens (tertiary/aromatic N) is 2. The van der Waals surface area contributed by atoms with Crippen LogP contribution in [0.4, 0.5) is 5.69 Å². The number of hydrogen-bond acceptors (Lipinski definition) is 7. The summed E-state index contributed by atoms with van der Waals surface area (Å²) in [6.45, 7) is 1.78. The highest BCUT2D eigenvalue weighted by Crippen LogP contribution is 2.30. The third kappa shape index (κ3) is 3.64. The van der Waals surface area contributed by atoms with Crippen LogP contribution in [-0.2, 0) is 9.53 Å². The van der Waals surface area contributed by atoms with E-state index in [0.717, 1.165) is 5.56 Å². The first-order valence-corrected chi connectivity index (χ1v) is 7.93. The summed E-state index contributed by atoms with van der Waals surface area (Å²) in [5.74, 6) is 0.266. The molecule has 2 aromatic rings. The van der Waals surface area contributed by atoms with Crippen molar-refractivity contribution in [2.45, 2.75) is 6.92 Å². The molecule has 0 saturated carbocycles. The molecule has 0 atom stereocenters.